The molecule has 1 N–H and O–H groups in total. The molecule has 17 heavy (non-hydrogen) atoms. The molecule has 0 aliphatic heterocycles. The quantitative estimate of drug-likeness (QED) is 0.369. The predicted molar refractivity (Wildman–Crippen MR) is 59.9 cm³/mol. The van der Waals surface area contributed by atoms with Crippen molar-refractivity contribution in [2.75, 3.05) is 0 Å². The maximum absolute atomic E-state index is 11.3. The van der Waals surface area contributed by atoms with E-state index in [4.69, 9.17) is 4.74 Å². The van der Waals surface area contributed by atoms with Gasteiger partial charge in [-0.25, -0.2) is 0 Å². The summed E-state index contributed by atoms with van der Waals surface area (Å²) in [4.78, 5) is 21.3. The van der Waals surface area contributed by atoms with E-state index in [-0.39, 0.29) is 6.42 Å². The SMILES string of the molecule is CCCCC(=O)Oc1c(O)cccc1[N+](=O)[O-]. The fraction of sp³-hybridized carbons (Fsp3) is 0.364. The number of unbranched alkanes of at least 4 members (excludes halogenated alkanes) is 1. The smallest absolute Gasteiger partial charge is 0.315 e. The Morgan fingerprint density at radius 3 is 2.82 bits per heavy atom. The molecule has 1 rings (SSSR count). The molecule has 1 aromatic carbocycles. The molecule has 0 radical (unpaired) electrons. The summed E-state index contributed by atoms with van der Waals surface area (Å²) in [5.74, 6) is -1.39. The van der Waals surface area contributed by atoms with Crippen LogP contribution in [-0.4, -0.2) is 16.0 Å². The lowest BCUT2D eigenvalue weighted by Gasteiger charge is -2.06. The van der Waals surface area contributed by atoms with Gasteiger partial charge in [0.25, 0.3) is 0 Å². The summed E-state index contributed by atoms with van der Waals surface area (Å²) >= 11 is 0. The maximum atomic E-state index is 11.3. The van der Waals surface area contributed by atoms with Crippen molar-refractivity contribution in [3.8, 4) is 11.5 Å². The number of benzene rings is 1. The number of nitro benzene ring substituents is 1. The minimum Gasteiger partial charge on any atom is -0.504 e. The van der Waals surface area contributed by atoms with E-state index in [0.717, 1.165) is 6.42 Å². The van der Waals surface area contributed by atoms with Gasteiger partial charge in [0.2, 0.25) is 5.75 Å². The van der Waals surface area contributed by atoms with E-state index in [9.17, 15) is 20.0 Å². The van der Waals surface area contributed by atoms with Crippen LogP contribution in [0.25, 0.3) is 0 Å². The van der Waals surface area contributed by atoms with E-state index >= 15 is 0 Å². The molecule has 0 unspecified atom stereocenters. The van der Waals surface area contributed by atoms with Crippen LogP contribution >= 0.6 is 0 Å². The molecule has 0 bridgehead atoms. The highest BCUT2D eigenvalue weighted by Gasteiger charge is 2.21. The number of carbonyl (C=O) groups is 1. The molecule has 0 heterocycles. The number of hydrogen-bond donors (Lipinski definition) is 1. The number of esters is 1. The van der Waals surface area contributed by atoms with Gasteiger partial charge in [-0.3, -0.25) is 14.9 Å². The van der Waals surface area contributed by atoms with Gasteiger partial charge in [0, 0.05) is 12.5 Å². The van der Waals surface area contributed by atoms with E-state index in [1.54, 1.807) is 0 Å². The van der Waals surface area contributed by atoms with Gasteiger partial charge >= 0.3 is 11.7 Å². The van der Waals surface area contributed by atoms with E-state index in [2.05, 4.69) is 0 Å². The second-order valence-electron chi connectivity index (χ2n) is 3.46. The first-order valence-electron chi connectivity index (χ1n) is 5.23. The van der Waals surface area contributed by atoms with Crippen molar-refractivity contribution in [3.63, 3.8) is 0 Å². The number of nitro groups is 1. The number of aromatic hydroxyl groups is 1. The monoisotopic (exact) mass is 239 g/mol. The third kappa shape index (κ3) is 3.44. The van der Waals surface area contributed by atoms with Gasteiger partial charge in [0.1, 0.15) is 0 Å². The van der Waals surface area contributed by atoms with Crippen LogP contribution < -0.4 is 4.74 Å². The van der Waals surface area contributed by atoms with Crippen molar-refractivity contribution in [2.24, 2.45) is 0 Å². The van der Waals surface area contributed by atoms with Crippen LogP contribution in [0.1, 0.15) is 26.2 Å². The second-order valence-corrected chi connectivity index (χ2v) is 3.46. The lowest BCUT2D eigenvalue weighted by Crippen LogP contribution is -2.09. The number of rotatable bonds is 5. The first-order valence-corrected chi connectivity index (χ1v) is 5.23. The Bertz CT molecular complexity index is 430. The normalized spacial score (nSPS) is 9.94. The number of para-hydroxylation sites is 1. The second kappa shape index (κ2) is 5.83. The highest BCUT2D eigenvalue weighted by Crippen LogP contribution is 2.35. The summed E-state index contributed by atoms with van der Waals surface area (Å²) < 4.78 is 4.81. The molecule has 0 aliphatic rings. The molecule has 0 atom stereocenters. The van der Waals surface area contributed by atoms with Crippen LogP contribution in [0, 0.1) is 10.1 Å². The topological polar surface area (TPSA) is 89.7 Å². The van der Waals surface area contributed by atoms with Crippen molar-refractivity contribution < 1.29 is 19.6 Å². The van der Waals surface area contributed by atoms with Gasteiger partial charge < -0.3 is 9.84 Å². The molecule has 0 aromatic heterocycles. The molecule has 6 nitrogen and oxygen atoms in total. The van der Waals surface area contributed by atoms with Crippen LogP contribution in [0.2, 0.25) is 0 Å². The fourth-order valence-corrected chi connectivity index (χ4v) is 1.25. The molecule has 0 fully saturated rings. The van der Waals surface area contributed by atoms with Gasteiger partial charge in [-0.05, 0) is 12.5 Å². The third-order valence-corrected chi connectivity index (χ3v) is 2.12. The molecule has 6 heteroatoms. The summed E-state index contributed by atoms with van der Waals surface area (Å²) in [6.45, 7) is 1.91. The highest BCUT2D eigenvalue weighted by atomic mass is 16.6. The summed E-state index contributed by atoms with van der Waals surface area (Å²) in [5.41, 5.74) is -0.421. The van der Waals surface area contributed by atoms with Crippen LogP contribution in [-0.2, 0) is 4.79 Å². The standard InChI is InChI=1S/C11H13NO5/c1-2-3-7-10(14)17-11-8(12(15)16)5-4-6-9(11)13/h4-6,13H,2-3,7H2,1H3. The Hall–Kier alpha value is -2.11. The highest BCUT2D eigenvalue weighted by molar-refractivity contribution is 5.75. The number of phenolic OH excluding ortho intramolecular Hbond substituents is 1. The zero-order chi connectivity index (χ0) is 12.8. The summed E-state index contributed by atoms with van der Waals surface area (Å²) in [6, 6.07) is 3.72. The summed E-state index contributed by atoms with van der Waals surface area (Å²) in [5, 5.41) is 20.1. The van der Waals surface area contributed by atoms with Crippen LogP contribution in [0.3, 0.4) is 0 Å². The van der Waals surface area contributed by atoms with Crippen molar-refractivity contribution in [1.82, 2.24) is 0 Å². The van der Waals surface area contributed by atoms with Gasteiger partial charge in [-0.1, -0.05) is 19.4 Å². The molecule has 1 aromatic rings. The van der Waals surface area contributed by atoms with Crippen LogP contribution in [0.5, 0.6) is 11.5 Å². The molecular formula is C11H13NO5. The minimum absolute atomic E-state index is 0.169. The van der Waals surface area contributed by atoms with Crippen molar-refractivity contribution in [1.29, 1.82) is 0 Å². The van der Waals surface area contributed by atoms with E-state index in [1.807, 2.05) is 6.92 Å². The number of ether oxygens (including phenoxy) is 1. The Labute approximate surface area is 98.0 Å². The van der Waals surface area contributed by atoms with Crippen LogP contribution in [0.4, 0.5) is 5.69 Å². The average molecular weight is 239 g/mol. The molecule has 0 aliphatic carbocycles. The first kappa shape index (κ1) is 13.0. The van der Waals surface area contributed by atoms with Crippen molar-refractivity contribution in [2.45, 2.75) is 26.2 Å². The van der Waals surface area contributed by atoms with Crippen LogP contribution in [0.15, 0.2) is 18.2 Å². The van der Waals surface area contributed by atoms with Crippen molar-refractivity contribution in [3.05, 3.63) is 28.3 Å². The number of hydrogen-bond acceptors (Lipinski definition) is 5. The molecular weight excluding hydrogens is 226 g/mol. The zero-order valence-electron chi connectivity index (χ0n) is 9.38. The van der Waals surface area contributed by atoms with Crippen molar-refractivity contribution >= 4 is 11.7 Å². The largest absolute Gasteiger partial charge is 0.504 e. The Kier molecular flexibility index (Phi) is 4.45. The number of nitrogens with zero attached hydrogens (tertiary/aromatic N) is 1. The number of carbonyl (C=O) groups excluding carboxylic acids is 1. The van der Waals surface area contributed by atoms with Gasteiger partial charge in [0.15, 0.2) is 5.75 Å². The Morgan fingerprint density at radius 1 is 1.53 bits per heavy atom. The lowest BCUT2D eigenvalue weighted by molar-refractivity contribution is -0.385. The van der Waals surface area contributed by atoms with E-state index < -0.39 is 28.1 Å². The minimum atomic E-state index is -0.706. The molecule has 0 amide bonds. The third-order valence-electron chi connectivity index (χ3n) is 2.12. The average Bonchev–Trinajstić information content (AvgIpc) is 2.28. The summed E-state index contributed by atoms with van der Waals surface area (Å²) in [6.07, 6.45) is 1.63. The molecule has 0 spiro atoms. The Morgan fingerprint density at radius 2 is 2.24 bits per heavy atom. The van der Waals surface area contributed by atoms with Gasteiger partial charge in [-0.15, -0.1) is 0 Å². The number of phenols is 1. The zero-order valence-corrected chi connectivity index (χ0v) is 9.38. The van der Waals surface area contributed by atoms with Gasteiger partial charge in [-0.2, -0.15) is 0 Å². The summed E-state index contributed by atoms with van der Waals surface area (Å²) in [7, 11) is 0. The molecule has 0 saturated heterocycles. The van der Waals surface area contributed by atoms with Gasteiger partial charge in [0.05, 0.1) is 4.92 Å². The van der Waals surface area contributed by atoms with E-state index in [0.29, 0.717) is 6.42 Å². The van der Waals surface area contributed by atoms with E-state index in [1.165, 1.54) is 18.2 Å². The molecule has 0 saturated carbocycles. The maximum Gasteiger partial charge on any atom is 0.315 e. The fourth-order valence-electron chi connectivity index (χ4n) is 1.25. The first-order chi connectivity index (χ1) is 8.06. The Balaban J connectivity index is 2.89. The lowest BCUT2D eigenvalue weighted by atomic mass is 10.2. The molecule has 92 valence electrons. The predicted octanol–water partition coefficient (Wildman–Crippen LogP) is 2.40.